The first-order valence-corrected chi connectivity index (χ1v) is 9.24. The first-order valence-electron chi connectivity index (χ1n) is 9.24. The zero-order chi connectivity index (χ0) is 22.4. The van der Waals surface area contributed by atoms with Crippen LogP contribution in [0.1, 0.15) is 10.4 Å². The van der Waals surface area contributed by atoms with Crippen LogP contribution in [0.5, 0.6) is 5.75 Å². The molecule has 0 aliphatic carbocycles. The van der Waals surface area contributed by atoms with Gasteiger partial charge in [-0.05, 0) is 42.5 Å². The van der Waals surface area contributed by atoms with Gasteiger partial charge < -0.3 is 29.7 Å². The highest BCUT2D eigenvalue weighted by molar-refractivity contribution is 6.02. The molecule has 2 aromatic carbocycles. The van der Waals surface area contributed by atoms with E-state index < -0.39 is 24.1 Å². The van der Waals surface area contributed by atoms with Crippen molar-refractivity contribution in [2.45, 2.75) is 6.36 Å². The lowest BCUT2D eigenvalue weighted by Gasteiger charge is -2.30. The second-order valence-corrected chi connectivity index (χ2v) is 6.47. The number of esters is 1. The number of amides is 2. The maximum atomic E-state index is 12.3. The second kappa shape index (κ2) is 9.56. The van der Waals surface area contributed by atoms with Gasteiger partial charge in [-0.1, -0.05) is 0 Å². The number of nitrogens with one attached hydrogen (secondary N) is 2. The Labute approximate surface area is 175 Å². The normalized spacial score (nSPS) is 14.0. The Balaban J connectivity index is 1.68. The molecule has 1 fully saturated rings. The van der Waals surface area contributed by atoms with Crippen LogP contribution in [0.15, 0.2) is 42.5 Å². The van der Waals surface area contributed by atoms with Crippen molar-refractivity contribution in [3.63, 3.8) is 0 Å². The smallest absolute Gasteiger partial charge is 0.465 e. The molecule has 8 nitrogen and oxygen atoms in total. The van der Waals surface area contributed by atoms with Crippen molar-refractivity contribution in [1.29, 1.82) is 0 Å². The van der Waals surface area contributed by atoms with Crippen molar-refractivity contribution in [2.24, 2.45) is 0 Å². The molecule has 1 heterocycles. The molecule has 1 saturated heterocycles. The Morgan fingerprint density at radius 1 is 1.00 bits per heavy atom. The lowest BCUT2D eigenvalue weighted by Crippen LogP contribution is -2.37. The summed E-state index contributed by atoms with van der Waals surface area (Å²) in [7, 11) is 1.27. The quantitative estimate of drug-likeness (QED) is 0.688. The fourth-order valence-electron chi connectivity index (χ4n) is 3.00. The zero-order valence-electron chi connectivity index (χ0n) is 16.5. The van der Waals surface area contributed by atoms with Gasteiger partial charge >= 0.3 is 18.4 Å². The summed E-state index contributed by atoms with van der Waals surface area (Å²) in [6.07, 6.45) is -4.79. The van der Waals surface area contributed by atoms with E-state index in [1.54, 1.807) is 12.1 Å². The number of hydrogen-bond acceptors (Lipinski definition) is 6. The summed E-state index contributed by atoms with van der Waals surface area (Å²) in [5.74, 6) is -0.953. The van der Waals surface area contributed by atoms with Gasteiger partial charge in [0.1, 0.15) is 5.75 Å². The number of nitrogens with zero attached hydrogens (tertiary/aromatic N) is 1. The molecule has 2 aromatic rings. The van der Waals surface area contributed by atoms with Crippen molar-refractivity contribution in [2.75, 3.05) is 48.9 Å². The largest absolute Gasteiger partial charge is 0.573 e. The highest BCUT2D eigenvalue weighted by Gasteiger charge is 2.31. The number of urea groups is 1. The Kier molecular flexibility index (Phi) is 6.85. The number of carbonyl (C=O) groups is 2. The monoisotopic (exact) mass is 439 g/mol. The van der Waals surface area contributed by atoms with E-state index in [0.717, 1.165) is 12.1 Å². The molecule has 0 spiro atoms. The predicted molar refractivity (Wildman–Crippen MR) is 107 cm³/mol. The molecule has 0 saturated carbocycles. The number of methoxy groups -OCH3 is 1. The van der Waals surface area contributed by atoms with Crippen LogP contribution in [0.25, 0.3) is 0 Å². The number of rotatable bonds is 5. The minimum Gasteiger partial charge on any atom is -0.465 e. The van der Waals surface area contributed by atoms with Crippen molar-refractivity contribution >= 4 is 29.1 Å². The molecule has 0 aromatic heterocycles. The number of halogens is 3. The van der Waals surface area contributed by atoms with Gasteiger partial charge in [0.2, 0.25) is 0 Å². The number of anilines is 3. The van der Waals surface area contributed by atoms with Crippen molar-refractivity contribution in [3.05, 3.63) is 48.0 Å². The maximum absolute atomic E-state index is 12.3. The highest BCUT2D eigenvalue weighted by atomic mass is 19.4. The summed E-state index contributed by atoms with van der Waals surface area (Å²) in [5.41, 5.74) is 1.55. The summed E-state index contributed by atoms with van der Waals surface area (Å²) in [5, 5.41) is 5.07. The molecule has 3 rings (SSSR count). The SMILES string of the molecule is COC(=O)c1cc(NC(=O)Nc2ccc(OC(F)(F)F)cc2)ccc1N1CCOCC1. The van der Waals surface area contributed by atoms with Crippen molar-refractivity contribution in [3.8, 4) is 5.75 Å². The van der Waals surface area contributed by atoms with Crippen LogP contribution in [0.3, 0.4) is 0 Å². The number of ether oxygens (including phenoxy) is 3. The third-order valence-electron chi connectivity index (χ3n) is 4.36. The summed E-state index contributed by atoms with van der Waals surface area (Å²) in [4.78, 5) is 26.5. The first-order chi connectivity index (χ1) is 14.7. The lowest BCUT2D eigenvalue weighted by molar-refractivity contribution is -0.274. The van der Waals surface area contributed by atoms with Crippen LogP contribution in [-0.4, -0.2) is 51.8 Å². The summed E-state index contributed by atoms with van der Waals surface area (Å²) < 4.78 is 50.6. The van der Waals surface area contributed by atoms with E-state index >= 15 is 0 Å². The summed E-state index contributed by atoms with van der Waals surface area (Å²) in [6.45, 7) is 2.31. The number of benzene rings is 2. The van der Waals surface area contributed by atoms with Gasteiger partial charge in [-0.2, -0.15) is 0 Å². The average molecular weight is 439 g/mol. The van der Waals surface area contributed by atoms with Crippen LogP contribution in [0.2, 0.25) is 0 Å². The summed E-state index contributed by atoms with van der Waals surface area (Å²) >= 11 is 0. The van der Waals surface area contributed by atoms with Crippen LogP contribution in [-0.2, 0) is 9.47 Å². The molecule has 0 radical (unpaired) electrons. The molecule has 31 heavy (non-hydrogen) atoms. The van der Waals surface area contributed by atoms with E-state index in [1.165, 1.54) is 25.3 Å². The Hall–Kier alpha value is -3.47. The van der Waals surface area contributed by atoms with E-state index in [9.17, 15) is 22.8 Å². The Morgan fingerprint density at radius 3 is 2.23 bits per heavy atom. The average Bonchev–Trinajstić information content (AvgIpc) is 2.74. The molecule has 0 atom stereocenters. The van der Waals surface area contributed by atoms with Gasteiger partial charge in [0, 0.05) is 24.5 Å². The first kappa shape index (κ1) is 22.2. The number of hydrogen-bond donors (Lipinski definition) is 2. The van der Waals surface area contributed by atoms with E-state index in [0.29, 0.717) is 37.7 Å². The molecular formula is C20H20F3N3O5. The topological polar surface area (TPSA) is 89.1 Å². The van der Waals surface area contributed by atoms with E-state index in [4.69, 9.17) is 9.47 Å². The third kappa shape index (κ3) is 6.25. The van der Waals surface area contributed by atoms with Crippen molar-refractivity contribution in [1.82, 2.24) is 0 Å². The Bertz CT molecular complexity index is 929. The highest BCUT2D eigenvalue weighted by Crippen LogP contribution is 2.27. The molecule has 2 N–H and O–H groups in total. The lowest BCUT2D eigenvalue weighted by atomic mass is 10.1. The second-order valence-electron chi connectivity index (χ2n) is 6.47. The van der Waals surface area contributed by atoms with Gasteiger partial charge in [0.05, 0.1) is 31.6 Å². The third-order valence-corrected chi connectivity index (χ3v) is 4.36. The van der Waals surface area contributed by atoms with Gasteiger partial charge in [-0.15, -0.1) is 13.2 Å². The minimum absolute atomic E-state index is 0.255. The zero-order valence-corrected chi connectivity index (χ0v) is 16.5. The van der Waals surface area contributed by atoms with Crippen LogP contribution in [0, 0.1) is 0 Å². The Morgan fingerprint density at radius 2 is 1.61 bits per heavy atom. The molecule has 166 valence electrons. The predicted octanol–water partition coefficient (Wildman–Crippen LogP) is 3.85. The fraction of sp³-hybridized carbons (Fsp3) is 0.300. The molecule has 11 heteroatoms. The molecule has 1 aliphatic heterocycles. The summed E-state index contributed by atoms with van der Waals surface area (Å²) in [6, 6.07) is 8.89. The van der Waals surface area contributed by atoms with Crippen LogP contribution in [0.4, 0.5) is 35.0 Å². The van der Waals surface area contributed by atoms with Crippen LogP contribution < -0.4 is 20.3 Å². The molecule has 0 bridgehead atoms. The van der Waals surface area contributed by atoms with Gasteiger partial charge in [-0.3, -0.25) is 0 Å². The van der Waals surface area contributed by atoms with E-state index in [-0.39, 0.29) is 11.3 Å². The van der Waals surface area contributed by atoms with Gasteiger partial charge in [0.15, 0.2) is 0 Å². The molecule has 2 amide bonds. The number of morpholine rings is 1. The van der Waals surface area contributed by atoms with Crippen LogP contribution >= 0.6 is 0 Å². The van der Waals surface area contributed by atoms with E-state index in [2.05, 4.69) is 15.4 Å². The standard InChI is InChI=1S/C20H20F3N3O5/c1-29-18(27)16-12-14(4-7-17(16)26-8-10-30-11-9-26)25-19(28)24-13-2-5-15(6-3-13)31-20(21,22)23/h2-7,12H,8-11H2,1H3,(H2,24,25,28). The minimum atomic E-state index is -4.79. The number of alkyl halides is 3. The van der Waals surface area contributed by atoms with E-state index in [1.807, 2.05) is 4.90 Å². The molecule has 0 unspecified atom stereocenters. The number of carbonyl (C=O) groups excluding carboxylic acids is 2. The maximum Gasteiger partial charge on any atom is 0.573 e. The molecular weight excluding hydrogens is 419 g/mol. The molecule has 1 aliphatic rings. The fourth-order valence-corrected chi connectivity index (χ4v) is 3.00. The van der Waals surface area contributed by atoms with Gasteiger partial charge in [-0.25, -0.2) is 9.59 Å². The van der Waals surface area contributed by atoms with Gasteiger partial charge in [0.25, 0.3) is 0 Å². The van der Waals surface area contributed by atoms with Crippen molar-refractivity contribution < 1.29 is 37.0 Å².